The van der Waals surface area contributed by atoms with Crippen molar-refractivity contribution in [3.05, 3.63) is 11.7 Å². The summed E-state index contributed by atoms with van der Waals surface area (Å²) in [6.07, 6.45) is 8.61. The van der Waals surface area contributed by atoms with Crippen LogP contribution in [0.4, 0.5) is 0 Å². The summed E-state index contributed by atoms with van der Waals surface area (Å²) >= 11 is 0. The number of hydrogen-bond donors (Lipinski definition) is 1. The zero-order chi connectivity index (χ0) is 14.0. The number of nitrogens with two attached hydrogens (primary N) is 1. The van der Waals surface area contributed by atoms with Crippen LogP contribution in [0.25, 0.3) is 0 Å². The van der Waals surface area contributed by atoms with E-state index in [1.54, 1.807) is 0 Å². The van der Waals surface area contributed by atoms with Gasteiger partial charge in [0.2, 0.25) is 5.89 Å². The van der Waals surface area contributed by atoms with Crippen molar-refractivity contribution < 1.29 is 4.52 Å². The molecule has 0 amide bonds. The van der Waals surface area contributed by atoms with E-state index < -0.39 is 0 Å². The Morgan fingerprint density at radius 3 is 2.45 bits per heavy atom. The van der Waals surface area contributed by atoms with Crippen LogP contribution >= 0.6 is 0 Å². The van der Waals surface area contributed by atoms with Crippen LogP contribution in [0.2, 0.25) is 0 Å². The molecule has 0 radical (unpaired) electrons. The quantitative estimate of drug-likeness (QED) is 0.921. The summed E-state index contributed by atoms with van der Waals surface area (Å²) in [5.74, 6) is 2.54. The van der Waals surface area contributed by atoms with Gasteiger partial charge in [-0.25, -0.2) is 0 Å². The molecule has 0 saturated heterocycles. The highest BCUT2D eigenvalue weighted by Gasteiger charge is 2.62. The van der Waals surface area contributed by atoms with Crippen LogP contribution in [0.5, 0.6) is 0 Å². The van der Waals surface area contributed by atoms with E-state index in [1.165, 1.54) is 38.5 Å². The summed E-state index contributed by atoms with van der Waals surface area (Å²) in [5, 5.41) is 4.14. The molecule has 5 rings (SSSR count). The van der Waals surface area contributed by atoms with Crippen molar-refractivity contribution in [3.63, 3.8) is 0 Å². The summed E-state index contributed by atoms with van der Waals surface area (Å²) in [6, 6.07) is 0. The lowest BCUT2D eigenvalue weighted by Crippen LogP contribution is -2.57. The van der Waals surface area contributed by atoms with E-state index in [4.69, 9.17) is 15.2 Å². The SMILES string of the molecule is CC12CC3CC(C)(C1)CC(c1nc(CCN)no1)(C3)C2. The van der Waals surface area contributed by atoms with Crippen LogP contribution in [-0.4, -0.2) is 16.7 Å². The van der Waals surface area contributed by atoms with Crippen LogP contribution in [-0.2, 0) is 11.8 Å². The van der Waals surface area contributed by atoms with Crippen molar-refractivity contribution in [2.75, 3.05) is 6.54 Å². The van der Waals surface area contributed by atoms with E-state index in [0.717, 1.165) is 24.1 Å². The summed E-state index contributed by atoms with van der Waals surface area (Å²) in [4.78, 5) is 4.69. The molecule has 4 saturated carbocycles. The molecule has 2 N–H and O–H groups in total. The van der Waals surface area contributed by atoms with Gasteiger partial charge in [-0.1, -0.05) is 19.0 Å². The lowest BCUT2D eigenvalue weighted by molar-refractivity contribution is -0.118. The molecule has 2 unspecified atom stereocenters. The van der Waals surface area contributed by atoms with Crippen LogP contribution in [0.1, 0.15) is 64.1 Å². The molecule has 4 fully saturated rings. The fourth-order valence-electron chi connectivity index (χ4n) is 6.39. The predicted octanol–water partition coefficient (Wildman–Crippen LogP) is 2.82. The number of aromatic nitrogens is 2. The minimum Gasteiger partial charge on any atom is -0.339 e. The topological polar surface area (TPSA) is 64.9 Å². The highest BCUT2D eigenvalue weighted by atomic mass is 16.5. The fraction of sp³-hybridized carbons (Fsp3) is 0.875. The van der Waals surface area contributed by atoms with Gasteiger partial charge < -0.3 is 10.3 Å². The minimum absolute atomic E-state index is 0.156. The molecule has 4 aliphatic carbocycles. The van der Waals surface area contributed by atoms with E-state index in [1.807, 2.05) is 0 Å². The van der Waals surface area contributed by atoms with Gasteiger partial charge in [0.15, 0.2) is 5.82 Å². The second kappa shape index (κ2) is 3.85. The summed E-state index contributed by atoms with van der Waals surface area (Å²) in [5.41, 5.74) is 6.72. The standard InChI is InChI=1S/C16H25N3O/c1-14-5-11-6-15(2,8-14)10-16(7-11,9-14)13-18-12(3-4-17)19-20-13/h11H,3-10,17H2,1-2H3. The van der Waals surface area contributed by atoms with Crippen molar-refractivity contribution >= 4 is 0 Å². The molecule has 0 aromatic carbocycles. The molecule has 1 heterocycles. The van der Waals surface area contributed by atoms with Gasteiger partial charge in [0.25, 0.3) is 0 Å². The molecular weight excluding hydrogens is 250 g/mol. The largest absolute Gasteiger partial charge is 0.339 e. The normalized spacial score (nSPS) is 46.0. The van der Waals surface area contributed by atoms with Crippen LogP contribution in [0.3, 0.4) is 0 Å². The van der Waals surface area contributed by atoms with Gasteiger partial charge in [0, 0.05) is 6.42 Å². The monoisotopic (exact) mass is 275 g/mol. The molecule has 20 heavy (non-hydrogen) atoms. The average molecular weight is 275 g/mol. The Kier molecular flexibility index (Phi) is 2.46. The van der Waals surface area contributed by atoms with Gasteiger partial charge in [0.05, 0.1) is 5.41 Å². The second-order valence-corrected chi connectivity index (χ2v) is 8.46. The molecule has 110 valence electrons. The number of hydrogen-bond acceptors (Lipinski definition) is 4. The van der Waals surface area contributed by atoms with E-state index in [0.29, 0.717) is 17.4 Å². The molecule has 4 nitrogen and oxygen atoms in total. The molecule has 1 aromatic heterocycles. The first-order valence-corrected chi connectivity index (χ1v) is 7.98. The zero-order valence-electron chi connectivity index (χ0n) is 12.6. The molecule has 1 aromatic rings. The Balaban J connectivity index is 1.72. The first-order chi connectivity index (χ1) is 9.44. The van der Waals surface area contributed by atoms with Gasteiger partial charge in [-0.2, -0.15) is 4.98 Å². The third kappa shape index (κ3) is 1.77. The van der Waals surface area contributed by atoms with Gasteiger partial charge in [-0.15, -0.1) is 0 Å². The molecule has 4 heteroatoms. The first-order valence-electron chi connectivity index (χ1n) is 7.98. The lowest BCUT2D eigenvalue weighted by atomic mass is 9.40. The maximum absolute atomic E-state index is 5.68. The Labute approximate surface area is 120 Å². The molecular formula is C16H25N3O. The summed E-state index contributed by atoms with van der Waals surface area (Å²) in [7, 11) is 0. The van der Waals surface area contributed by atoms with Gasteiger partial charge in [0.1, 0.15) is 0 Å². The Morgan fingerprint density at radius 1 is 1.15 bits per heavy atom. The highest BCUT2D eigenvalue weighted by molar-refractivity contribution is 5.20. The zero-order valence-corrected chi connectivity index (χ0v) is 12.6. The predicted molar refractivity (Wildman–Crippen MR) is 76.1 cm³/mol. The van der Waals surface area contributed by atoms with E-state index in [2.05, 4.69) is 19.0 Å². The third-order valence-corrected chi connectivity index (χ3v) is 5.92. The van der Waals surface area contributed by atoms with E-state index >= 15 is 0 Å². The molecule has 0 aliphatic heterocycles. The highest BCUT2D eigenvalue weighted by Crippen LogP contribution is 2.69. The maximum atomic E-state index is 5.68. The van der Waals surface area contributed by atoms with Crippen molar-refractivity contribution in [2.24, 2.45) is 22.5 Å². The third-order valence-electron chi connectivity index (χ3n) is 5.92. The number of nitrogens with zero attached hydrogens (tertiary/aromatic N) is 2. The van der Waals surface area contributed by atoms with Crippen LogP contribution in [0.15, 0.2) is 4.52 Å². The second-order valence-electron chi connectivity index (χ2n) is 8.46. The van der Waals surface area contributed by atoms with Gasteiger partial charge >= 0.3 is 0 Å². The molecule has 2 atom stereocenters. The Bertz CT molecular complexity index is 520. The molecule has 4 bridgehead atoms. The fourth-order valence-corrected chi connectivity index (χ4v) is 6.39. The summed E-state index contributed by atoms with van der Waals surface area (Å²) in [6.45, 7) is 5.54. The van der Waals surface area contributed by atoms with Crippen molar-refractivity contribution in [3.8, 4) is 0 Å². The first kappa shape index (κ1) is 12.8. The molecule has 4 aliphatic rings. The Morgan fingerprint density at radius 2 is 1.85 bits per heavy atom. The van der Waals surface area contributed by atoms with Crippen molar-refractivity contribution in [1.29, 1.82) is 0 Å². The number of rotatable bonds is 3. The minimum atomic E-state index is 0.156. The van der Waals surface area contributed by atoms with Crippen LogP contribution in [0, 0.1) is 16.7 Å². The summed E-state index contributed by atoms with van der Waals surface area (Å²) < 4.78 is 5.68. The Hall–Kier alpha value is -0.900. The van der Waals surface area contributed by atoms with Gasteiger partial charge in [-0.05, 0) is 61.8 Å². The lowest BCUT2D eigenvalue weighted by Gasteiger charge is -2.64. The van der Waals surface area contributed by atoms with Crippen molar-refractivity contribution in [2.45, 2.75) is 64.2 Å². The van der Waals surface area contributed by atoms with Gasteiger partial charge in [-0.3, -0.25) is 0 Å². The maximum Gasteiger partial charge on any atom is 0.232 e. The van der Waals surface area contributed by atoms with Crippen LogP contribution < -0.4 is 5.73 Å². The van der Waals surface area contributed by atoms with E-state index in [-0.39, 0.29) is 5.41 Å². The average Bonchev–Trinajstić information content (AvgIpc) is 2.73. The van der Waals surface area contributed by atoms with Crippen molar-refractivity contribution in [1.82, 2.24) is 10.1 Å². The van der Waals surface area contributed by atoms with E-state index in [9.17, 15) is 0 Å². The smallest absolute Gasteiger partial charge is 0.232 e. The molecule has 0 spiro atoms.